The Bertz CT molecular complexity index is 424. The SMILES string of the molecule is COCc1cccc(OCCC2CCCC2(N)CO)c1. The van der Waals surface area contributed by atoms with Crippen molar-refractivity contribution in [3.63, 3.8) is 0 Å². The average molecular weight is 279 g/mol. The second-order valence-electron chi connectivity index (χ2n) is 5.70. The Balaban J connectivity index is 1.82. The fourth-order valence-corrected chi connectivity index (χ4v) is 3.02. The van der Waals surface area contributed by atoms with E-state index < -0.39 is 5.54 Å². The van der Waals surface area contributed by atoms with Crippen molar-refractivity contribution < 1.29 is 14.6 Å². The monoisotopic (exact) mass is 279 g/mol. The normalized spacial score (nSPS) is 25.9. The van der Waals surface area contributed by atoms with E-state index in [4.69, 9.17) is 15.2 Å². The van der Waals surface area contributed by atoms with Crippen LogP contribution in [0.4, 0.5) is 0 Å². The predicted molar refractivity (Wildman–Crippen MR) is 78.6 cm³/mol. The van der Waals surface area contributed by atoms with Gasteiger partial charge in [0, 0.05) is 12.6 Å². The van der Waals surface area contributed by atoms with Crippen LogP contribution < -0.4 is 10.5 Å². The number of nitrogens with two attached hydrogens (primary N) is 1. The molecule has 0 aliphatic heterocycles. The van der Waals surface area contributed by atoms with E-state index in [2.05, 4.69) is 0 Å². The van der Waals surface area contributed by atoms with Gasteiger partial charge in [0.05, 0.1) is 19.8 Å². The molecule has 1 saturated carbocycles. The van der Waals surface area contributed by atoms with Gasteiger partial charge in [0.2, 0.25) is 0 Å². The summed E-state index contributed by atoms with van der Waals surface area (Å²) in [6.45, 7) is 1.30. The van der Waals surface area contributed by atoms with Crippen molar-refractivity contribution in [2.45, 2.75) is 37.8 Å². The first-order valence-electron chi connectivity index (χ1n) is 7.28. The van der Waals surface area contributed by atoms with Crippen LogP contribution in [0, 0.1) is 5.92 Å². The molecule has 2 unspecified atom stereocenters. The molecule has 2 atom stereocenters. The number of aliphatic hydroxyl groups is 1. The van der Waals surface area contributed by atoms with E-state index >= 15 is 0 Å². The third-order valence-electron chi connectivity index (χ3n) is 4.25. The number of aliphatic hydroxyl groups excluding tert-OH is 1. The van der Waals surface area contributed by atoms with Gasteiger partial charge >= 0.3 is 0 Å². The third kappa shape index (κ3) is 3.72. The van der Waals surface area contributed by atoms with Gasteiger partial charge in [-0.25, -0.2) is 0 Å². The lowest BCUT2D eigenvalue weighted by molar-refractivity contribution is 0.143. The largest absolute Gasteiger partial charge is 0.494 e. The molecular formula is C16H25NO3. The van der Waals surface area contributed by atoms with Gasteiger partial charge in [-0.1, -0.05) is 18.6 Å². The van der Waals surface area contributed by atoms with Gasteiger partial charge in [-0.3, -0.25) is 0 Å². The van der Waals surface area contributed by atoms with E-state index in [1.54, 1.807) is 7.11 Å². The summed E-state index contributed by atoms with van der Waals surface area (Å²) < 4.78 is 10.9. The van der Waals surface area contributed by atoms with Crippen molar-refractivity contribution in [3.05, 3.63) is 29.8 Å². The Hall–Kier alpha value is -1.10. The number of methoxy groups -OCH3 is 1. The highest BCUT2D eigenvalue weighted by molar-refractivity contribution is 5.28. The highest BCUT2D eigenvalue weighted by Gasteiger charge is 2.38. The minimum absolute atomic E-state index is 0.0704. The maximum absolute atomic E-state index is 9.43. The second-order valence-corrected chi connectivity index (χ2v) is 5.70. The molecule has 3 N–H and O–H groups in total. The fraction of sp³-hybridized carbons (Fsp3) is 0.625. The van der Waals surface area contributed by atoms with Crippen molar-refractivity contribution in [1.29, 1.82) is 0 Å². The molecule has 4 heteroatoms. The maximum atomic E-state index is 9.43. The lowest BCUT2D eigenvalue weighted by Crippen LogP contribution is -2.47. The van der Waals surface area contributed by atoms with Crippen molar-refractivity contribution in [3.8, 4) is 5.75 Å². The van der Waals surface area contributed by atoms with E-state index in [1.165, 1.54) is 0 Å². The zero-order chi connectivity index (χ0) is 14.4. The molecule has 1 fully saturated rings. The van der Waals surface area contributed by atoms with E-state index in [0.717, 1.165) is 37.0 Å². The molecule has 20 heavy (non-hydrogen) atoms. The van der Waals surface area contributed by atoms with Crippen molar-refractivity contribution in [1.82, 2.24) is 0 Å². The number of rotatable bonds is 7. The summed E-state index contributed by atoms with van der Waals surface area (Å²) in [5, 5.41) is 9.43. The standard InChI is InChI=1S/C16H25NO3/c1-19-11-13-4-2-6-15(10-13)20-9-7-14-5-3-8-16(14,17)12-18/h2,4,6,10,14,18H,3,5,7-9,11-12,17H2,1H3. The van der Waals surface area contributed by atoms with E-state index in [0.29, 0.717) is 19.1 Å². The number of benzene rings is 1. The van der Waals surface area contributed by atoms with Gasteiger partial charge in [0.25, 0.3) is 0 Å². The molecule has 0 radical (unpaired) electrons. The first kappa shape index (κ1) is 15.3. The van der Waals surface area contributed by atoms with Crippen LogP contribution in [0.15, 0.2) is 24.3 Å². The number of hydrogen-bond donors (Lipinski definition) is 2. The topological polar surface area (TPSA) is 64.7 Å². The van der Waals surface area contributed by atoms with Crippen LogP contribution in [-0.4, -0.2) is 31.0 Å². The van der Waals surface area contributed by atoms with Crippen LogP contribution in [-0.2, 0) is 11.3 Å². The van der Waals surface area contributed by atoms with Crippen LogP contribution in [0.2, 0.25) is 0 Å². The summed E-state index contributed by atoms with van der Waals surface area (Å²) in [4.78, 5) is 0. The summed E-state index contributed by atoms with van der Waals surface area (Å²) in [6, 6.07) is 7.94. The molecule has 1 aliphatic rings. The summed E-state index contributed by atoms with van der Waals surface area (Å²) >= 11 is 0. The summed E-state index contributed by atoms with van der Waals surface area (Å²) in [6.07, 6.45) is 4.00. The maximum Gasteiger partial charge on any atom is 0.119 e. The second kappa shape index (κ2) is 7.07. The van der Waals surface area contributed by atoms with Crippen molar-refractivity contribution in [2.75, 3.05) is 20.3 Å². The van der Waals surface area contributed by atoms with Crippen LogP contribution >= 0.6 is 0 Å². The molecule has 0 heterocycles. The third-order valence-corrected chi connectivity index (χ3v) is 4.25. The minimum Gasteiger partial charge on any atom is -0.494 e. The van der Waals surface area contributed by atoms with Gasteiger partial charge in [-0.15, -0.1) is 0 Å². The first-order chi connectivity index (χ1) is 9.68. The highest BCUT2D eigenvalue weighted by Crippen LogP contribution is 2.35. The lowest BCUT2D eigenvalue weighted by atomic mass is 9.87. The van der Waals surface area contributed by atoms with Gasteiger partial charge in [0.15, 0.2) is 0 Å². The van der Waals surface area contributed by atoms with Crippen LogP contribution in [0.3, 0.4) is 0 Å². The van der Waals surface area contributed by atoms with Crippen molar-refractivity contribution >= 4 is 0 Å². The average Bonchev–Trinajstić information content (AvgIpc) is 2.82. The van der Waals surface area contributed by atoms with Gasteiger partial charge in [0.1, 0.15) is 5.75 Å². The molecule has 0 saturated heterocycles. The molecule has 1 aromatic rings. The molecule has 4 nitrogen and oxygen atoms in total. The Labute approximate surface area is 120 Å². The van der Waals surface area contributed by atoms with E-state index in [9.17, 15) is 5.11 Å². The molecule has 0 bridgehead atoms. The quantitative estimate of drug-likeness (QED) is 0.802. The molecule has 112 valence electrons. The minimum atomic E-state index is -0.402. The molecule has 2 rings (SSSR count). The highest BCUT2D eigenvalue weighted by atomic mass is 16.5. The van der Waals surface area contributed by atoms with Crippen molar-refractivity contribution in [2.24, 2.45) is 11.7 Å². The van der Waals surface area contributed by atoms with Crippen LogP contribution in [0.1, 0.15) is 31.2 Å². The van der Waals surface area contributed by atoms with Crippen LogP contribution in [0.25, 0.3) is 0 Å². The molecule has 1 aliphatic carbocycles. The molecule has 0 spiro atoms. The lowest BCUT2D eigenvalue weighted by Gasteiger charge is -2.29. The predicted octanol–water partition coefficient (Wildman–Crippen LogP) is 2.09. The Morgan fingerprint density at radius 2 is 2.30 bits per heavy atom. The Morgan fingerprint density at radius 3 is 3.05 bits per heavy atom. The van der Waals surface area contributed by atoms with E-state index in [1.807, 2.05) is 24.3 Å². The molecule has 1 aromatic carbocycles. The Morgan fingerprint density at radius 1 is 1.45 bits per heavy atom. The fourth-order valence-electron chi connectivity index (χ4n) is 3.02. The zero-order valence-electron chi connectivity index (χ0n) is 12.2. The molecule has 0 amide bonds. The van der Waals surface area contributed by atoms with Crippen LogP contribution in [0.5, 0.6) is 5.75 Å². The van der Waals surface area contributed by atoms with E-state index in [-0.39, 0.29) is 6.61 Å². The summed E-state index contributed by atoms with van der Waals surface area (Å²) in [7, 11) is 1.68. The summed E-state index contributed by atoms with van der Waals surface area (Å²) in [5.41, 5.74) is 6.93. The molecular weight excluding hydrogens is 254 g/mol. The smallest absolute Gasteiger partial charge is 0.119 e. The first-order valence-corrected chi connectivity index (χ1v) is 7.28. The van der Waals surface area contributed by atoms with Gasteiger partial charge in [-0.2, -0.15) is 0 Å². The zero-order valence-corrected chi connectivity index (χ0v) is 12.2. The number of hydrogen-bond acceptors (Lipinski definition) is 4. The Kier molecular flexibility index (Phi) is 5.40. The summed E-state index contributed by atoms with van der Waals surface area (Å²) in [5.74, 6) is 1.22. The molecule has 0 aromatic heterocycles. The van der Waals surface area contributed by atoms with Gasteiger partial charge in [-0.05, 0) is 42.9 Å². The van der Waals surface area contributed by atoms with Gasteiger partial charge < -0.3 is 20.3 Å². The number of ether oxygens (including phenoxy) is 2.